The molecule has 3 aliphatic rings. The lowest BCUT2D eigenvalue weighted by molar-refractivity contribution is -0.312. The van der Waals surface area contributed by atoms with E-state index in [0.29, 0.717) is 11.1 Å². The predicted molar refractivity (Wildman–Crippen MR) is 193 cm³/mol. The molecule has 0 bridgehead atoms. The molecule has 15 N–H and O–H groups in total. The number of ether oxygens (including phenoxy) is 5. The lowest BCUT2D eigenvalue weighted by atomic mass is 9.84. The van der Waals surface area contributed by atoms with Gasteiger partial charge in [-0.25, -0.2) is 4.39 Å². The van der Waals surface area contributed by atoms with Crippen LogP contribution in [0, 0.1) is 5.82 Å². The molecule has 1 saturated carbocycles. The van der Waals surface area contributed by atoms with Crippen LogP contribution in [0.1, 0.15) is 49.7 Å². The third-order valence-corrected chi connectivity index (χ3v) is 10.5. The van der Waals surface area contributed by atoms with Crippen LogP contribution < -0.4 is 28.7 Å². The van der Waals surface area contributed by atoms with E-state index in [9.17, 15) is 30.0 Å². The number of carboxylic acids is 1. The number of rotatable bonds is 14. The van der Waals surface area contributed by atoms with E-state index in [1.54, 1.807) is 36.4 Å². The number of carboxylic acid groups (broad SMARTS) is 1. The van der Waals surface area contributed by atoms with Gasteiger partial charge in [-0.05, 0) is 48.9 Å². The highest BCUT2D eigenvalue weighted by Crippen LogP contribution is 2.35. The summed E-state index contributed by atoms with van der Waals surface area (Å²) in [5.74, 6) is -3.33. The van der Waals surface area contributed by atoms with E-state index in [1.165, 1.54) is 13.0 Å². The molecular formula is C37H54FN5O12. The number of halogens is 1. The fourth-order valence-corrected chi connectivity index (χ4v) is 7.35. The fraction of sp³-hybridized carbons (Fsp3) is 0.622. The van der Waals surface area contributed by atoms with Crippen LogP contribution in [-0.2, 0) is 39.7 Å². The van der Waals surface area contributed by atoms with Crippen molar-refractivity contribution in [1.29, 1.82) is 0 Å². The number of hydrogen-bond donors (Lipinski definition) is 10. The first-order valence-corrected chi connectivity index (χ1v) is 18.4. The van der Waals surface area contributed by atoms with Gasteiger partial charge in [-0.1, -0.05) is 36.4 Å². The average Bonchev–Trinajstić information content (AvgIpc) is 3.14. The maximum absolute atomic E-state index is 16.1. The molecule has 1 unspecified atom stereocenters. The quantitative estimate of drug-likeness (QED) is 0.0753. The van der Waals surface area contributed by atoms with Crippen LogP contribution in [-0.4, -0.2) is 136 Å². The SMILES string of the molecule is CC(C(=O)OCCCC(=O)O)c1cc(F)c(-c2ccccc2)c(C[C@H]2O[C@@H](O[C@@H]3[C@@H](O)[C@H](O[C@H]4O[C@H](CN)[C@@H](O)C[C@H]4N)[C@@H](N)C[C@H]3N)[C@H](O)[C@@H](N)[C@@H]2O)c1. The highest BCUT2D eigenvalue weighted by molar-refractivity contribution is 5.79. The summed E-state index contributed by atoms with van der Waals surface area (Å²) < 4.78 is 45.4. The zero-order valence-corrected chi connectivity index (χ0v) is 30.5. The molecule has 0 spiro atoms. The molecule has 5 rings (SSSR count). The van der Waals surface area contributed by atoms with Crippen LogP contribution in [0.4, 0.5) is 4.39 Å². The molecule has 2 aromatic rings. The Kier molecular flexibility index (Phi) is 14.7. The summed E-state index contributed by atoms with van der Waals surface area (Å²) in [4.78, 5) is 23.7. The van der Waals surface area contributed by atoms with Gasteiger partial charge < -0.3 is 77.9 Å². The third-order valence-electron chi connectivity index (χ3n) is 10.5. The molecule has 3 fully saturated rings. The first-order valence-electron chi connectivity index (χ1n) is 18.4. The number of nitrogens with two attached hydrogens (primary N) is 5. The van der Waals surface area contributed by atoms with Crippen LogP contribution in [0.15, 0.2) is 42.5 Å². The van der Waals surface area contributed by atoms with Crippen LogP contribution >= 0.6 is 0 Å². The van der Waals surface area contributed by atoms with Crippen molar-refractivity contribution in [3.05, 3.63) is 59.4 Å². The molecule has 0 radical (unpaired) electrons. The van der Waals surface area contributed by atoms with Crippen LogP contribution in [0.5, 0.6) is 0 Å². The second kappa shape index (κ2) is 18.8. The van der Waals surface area contributed by atoms with Gasteiger partial charge in [-0.15, -0.1) is 0 Å². The molecular weight excluding hydrogens is 725 g/mol. The number of carbonyl (C=O) groups is 2. The second-order valence-corrected chi connectivity index (χ2v) is 14.6. The molecule has 18 heteroatoms. The lowest BCUT2D eigenvalue weighted by Crippen LogP contribution is -2.68. The molecule has 1 aliphatic carbocycles. The van der Waals surface area contributed by atoms with Gasteiger partial charge in [0.15, 0.2) is 12.6 Å². The number of benzene rings is 2. The summed E-state index contributed by atoms with van der Waals surface area (Å²) in [6.45, 7) is 1.40. The van der Waals surface area contributed by atoms with E-state index < -0.39 is 109 Å². The van der Waals surface area contributed by atoms with Crippen molar-refractivity contribution in [2.24, 2.45) is 28.7 Å². The fourth-order valence-electron chi connectivity index (χ4n) is 7.35. The van der Waals surface area contributed by atoms with Crippen molar-refractivity contribution in [3.63, 3.8) is 0 Å². The van der Waals surface area contributed by atoms with Gasteiger partial charge in [0.25, 0.3) is 0 Å². The molecule has 306 valence electrons. The summed E-state index contributed by atoms with van der Waals surface area (Å²) in [6, 6.07) is 7.65. The standard InChI is InChI=1S/C37H54FN5O12/c1-16(35(50)51-9-5-8-27(45)46)18-10-19(28(20(38)11-18)17-6-3-2-4-7-17)12-25-30(47)29(43)31(48)37(52-25)55-34-22(41)13-21(40)33(32(34)49)54-36-23(42)14-24(44)26(15-39)53-36/h2-4,6-7,10-11,16,21-26,29-34,36-37,44,47-49H,5,8-9,12-15,39-43H2,1H3,(H,45,46)/t16?,21-,22+,23+,24-,25+,26+,29-,30+,31+,32-,33+,34-,36+,37-/m0/s1. The maximum Gasteiger partial charge on any atom is 0.313 e. The topological polar surface area (TPSA) is 312 Å². The van der Waals surface area contributed by atoms with Crippen LogP contribution in [0.25, 0.3) is 11.1 Å². The minimum absolute atomic E-state index is 0.000659. The third kappa shape index (κ3) is 10.0. The Morgan fingerprint density at radius 1 is 0.873 bits per heavy atom. The maximum atomic E-state index is 16.1. The average molecular weight is 780 g/mol. The summed E-state index contributed by atoms with van der Waals surface area (Å²) in [6.07, 6.45) is -12.4. The summed E-state index contributed by atoms with van der Waals surface area (Å²) in [7, 11) is 0. The van der Waals surface area contributed by atoms with E-state index in [4.69, 9.17) is 57.5 Å². The number of aliphatic hydroxyl groups excluding tert-OH is 4. The van der Waals surface area contributed by atoms with Crippen molar-refractivity contribution >= 4 is 11.9 Å². The van der Waals surface area contributed by atoms with Gasteiger partial charge in [0, 0.05) is 37.0 Å². The van der Waals surface area contributed by atoms with Crippen LogP contribution in [0.2, 0.25) is 0 Å². The minimum atomic E-state index is -1.60. The first kappa shape index (κ1) is 42.9. The largest absolute Gasteiger partial charge is 0.481 e. The predicted octanol–water partition coefficient (Wildman–Crippen LogP) is -1.73. The summed E-state index contributed by atoms with van der Waals surface area (Å²) in [5, 5.41) is 53.0. The van der Waals surface area contributed by atoms with Gasteiger partial charge in [0.1, 0.15) is 30.2 Å². The monoisotopic (exact) mass is 779 g/mol. The Labute approximate surface area is 317 Å². The summed E-state index contributed by atoms with van der Waals surface area (Å²) >= 11 is 0. The van der Waals surface area contributed by atoms with Gasteiger partial charge >= 0.3 is 11.9 Å². The number of carbonyl (C=O) groups excluding carboxylic acids is 1. The number of aliphatic hydroxyl groups is 4. The van der Waals surface area contributed by atoms with Gasteiger partial charge in [0.05, 0.1) is 49.0 Å². The lowest BCUT2D eigenvalue weighted by Gasteiger charge is -2.48. The zero-order valence-electron chi connectivity index (χ0n) is 30.5. The molecule has 2 aliphatic heterocycles. The van der Waals surface area contributed by atoms with E-state index >= 15 is 4.39 Å². The highest BCUT2D eigenvalue weighted by atomic mass is 19.1. The minimum Gasteiger partial charge on any atom is -0.481 e. The van der Waals surface area contributed by atoms with Gasteiger partial charge in [-0.3, -0.25) is 9.59 Å². The molecule has 2 saturated heterocycles. The smallest absolute Gasteiger partial charge is 0.313 e. The Morgan fingerprint density at radius 2 is 1.51 bits per heavy atom. The zero-order chi connectivity index (χ0) is 40.1. The Hall–Kier alpha value is -3.21. The highest BCUT2D eigenvalue weighted by Gasteiger charge is 2.50. The number of aliphatic carboxylic acids is 1. The van der Waals surface area contributed by atoms with Crippen molar-refractivity contribution in [2.45, 2.75) is 131 Å². The number of hydrogen-bond acceptors (Lipinski definition) is 16. The first-order chi connectivity index (χ1) is 26.1. The van der Waals surface area contributed by atoms with E-state index in [1.807, 2.05) is 0 Å². The van der Waals surface area contributed by atoms with Gasteiger partial charge in [0.2, 0.25) is 0 Å². The summed E-state index contributed by atoms with van der Waals surface area (Å²) in [5.41, 5.74) is 32.2. The van der Waals surface area contributed by atoms with E-state index in [0.717, 1.165) is 0 Å². The van der Waals surface area contributed by atoms with Crippen molar-refractivity contribution in [1.82, 2.24) is 0 Å². The Morgan fingerprint density at radius 3 is 2.15 bits per heavy atom. The molecule has 17 nitrogen and oxygen atoms in total. The second-order valence-electron chi connectivity index (χ2n) is 14.6. The molecule has 15 atom stereocenters. The molecule has 55 heavy (non-hydrogen) atoms. The van der Waals surface area contributed by atoms with Gasteiger partial charge in [-0.2, -0.15) is 0 Å². The molecule has 0 amide bonds. The number of esters is 1. The molecule has 0 aromatic heterocycles. The van der Waals surface area contributed by atoms with Crippen molar-refractivity contribution < 1.29 is 63.2 Å². The van der Waals surface area contributed by atoms with E-state index in [2.05, 4.69) is 0 Å². The normalized spacial score (nSPS) is 35.9. The van der Waals surface area contributed by atoms with Crippen molar-refractivity contribution in [2.75, 3.05) is 13.2 Å². The van der Waals surface area contributed by atoms with E-state index in [-0.39, 0.29) is 56.4 Å². The Bertz CT molecular complexity index is 1600. The van der Waals surface area contributed by atoms with Crippen molar-refractivity contribution in [3.8, 4) is 11.1 Å². The molecule has 2 heterocycles. The Balaban J connectivity index is 1.37. The van der Waals surface area contributed by atoms with Crippen LogP contribution in [0.3, 0.4) is 0 Å². The molecule has 2 aromatic carbocycles.